The first-order chi connectivity index (χ1) is 8.52. The summed E-state index contributed by atoms with van der Waals surface area (Å²) in [5.74, 6) is -1.20. The van der Waals surface area contributed by atoms with Gasteiger partial charge in [-0.05, 0) is 6.92 Å². The highest BCUT2D eigenvalue weighted by Crippen LogP contribution is 2.26. The van der Waals surface area contributed by atoms with Crippen molar-refractivity contribution >= 4 is 29.3 Å². The lowest BCUT2D eigenvalue weighted by molar-refractivity contribution is -0.447. The van der Waals surface area contributed by atoms with Crippen molar-refractivity contribution in [3.63, 3.8) is 0 Å². The summed E-state index contributed by atoms with van der Waals surface area (Å²) in [6, 6.07) is 0. The van der Waals surface area contributed by atoms with E-state index in [0.717, 1.165) is 4.74 Å². The SMILES string of the molecule is CC/[N+]([O-])=C/c1cnc(SCCC(F)=C(F)F)s1. The van der Waals surface area contributed by atoms with Gasteiger partial charge in [-0.3, -0.25) is 0 Å². The summed E-state index contributed by atoms with van der Waals surface area (Å²) in [4.78, 5) is 4.69. The maximum absolute atomic E-state index is 12.5. The second-order valence-electron chi connectivity index (χ2n) is 3.15. The third-order valence-corrected chi connectivity index (χ3v) is 3.93. The number of hydrogen-bond acceptors (Lipinski definition) is 4. The zero-order valence-corrected chi connectivity index (χ0v) is 11.2. The van der Waals surface area contributed by atoms with E-state index in [1.165, 1.54) is 35.5 Å². The van der Waals surface area contributed by atoms with Gasteiger partial charge in [0.1, 0.15) is 4.88 Å². The molecule has 1 aromatic rings. The highest BCUT2D eigenvalue weighted by Gasteiger charge is 2.07. The Morgan fingerprint density at radius 2 is 2.28 bits per heavy atom. The molecule has 0 fully saturated rings. The van der Waals surface area contributed by atoms with Gasteiger partial charge in [0.05, 0.1) is 6.20 Å². The second-order valence-corrected chi connectivity index (χ2v) is 5.56. The number of aromatic nitrogens is 1. The quantitative estimate of drug-likeness (QED) is 0.264. The molecule has 0 radical (unpaired) electrons. The van der Waals surface area contributed by atoms with Crippen molar-refractivity contribution in [3.8, 4) is 0 Å². The molecule has 18 heavy (non-hydrogen) atoms. The molecule has 0 aromatic carbocycles. The van der Waals surface area contributed by atoms with E-state index in [9.17, 15) is 18.4 Å². The summed E-state index contributed by atoms with van der Waals surface area (Å²) in [6.07, 6.45) is 0.335. The Morgan fingerprint density at radius 3 is 2.89 bits per heavy atom. The maximum Gasteiger partial charge on any atom is 0.301 e. The van der Waals surface area contributed by atoms with Gasteiger partial charge >= 0.3 is 6.08 Å². The van der Waals surface area contributed by atoms with Crippen LogP contribution in [0.25, 0.3) is 0 Å². The minimum absolute atomic E-state index is 0.186. The molecule has 0 saturated carbocycles. The van der Waals surface area contributed by atoms with Crippen molar-refractivity contribution < 1.29 is 17.9 Å². The molecule has 0 spiro atoms. The number of allylic oxidation sites excluding steroid dienone is 1. The van der Waals surface area contributed by atoms with Crippen LogP contribution in [0.5, 0.6) is 0 Å². The van der Waals surface area contributed by atoms with Crippen LogP contribution in [0.3, 0.4) is 0 Å². The van der Waals surface area contributed by atoms with Gasteiger partial charge in [0.2, 0.25) is 0 Å². The van der Waals surface area contributed by atoms with Crippen LogP contribution in [0.2, 0.25) is 0 Å². The number of hydrogen-bond donors (Lipinski definition) is 0. The molecule has 0 unspecified atom stereocenters. The largest absolute Gasteiger partial charge is 0.624 e. The molecule has 1 heterocycles. The zero-order valence-electron chi connectivity index (χ0n) is 9.53. The normalized spacial score (nSPS) is 11.7. The molecule has 0 aliphatic heterocycles. The smallest absolute Gasteiger partial charge is 0.301 e. The Balaban J connectivity index is 2.48. The first-order valence-corrected chi connectivity index (χ1v) is 6.90. The summed E-state index contributed by atoms with van der Waals surface area (Å²) in [5, 5.41) is 11.1. The molecule has 0 atom stereocenters. The van der Waals surface area contributed by atoms with Crippen LogP contribution in [-0.2, 0) is 0 Å². The predicted octanol–water partition coefficient (Wildman–Crippen LogP) is 3.65. The number of thioether (sulfide) groups is 1. The lowest BCUT2D eigenvalue weighted by Gasteiger charge is -1.96. The molecule has 1 aromatic heterocycles. The van der Waals surface area contributed by atoms with Crippen molar-refractivity contribution in [2.24, 2.45) is 0 Å². The zero-order chi connectivity index (χ0) is 13.5. The third kappa shape index (κ3) is 5.09. The molecular weight excluding hydrogens is 285 g/mol. The molecule has 0 bridgehead atoms. The molecular formula is C10H11F3N2OS2. The Morgan fingerprint density at radius 1 is 1.56 bits per heavy atom. The van der Waals surface area contributed by atoms with Gasteiger partial charge in [-0.1, -0.05) is 11.8 Å². The molecule has 3 nitrogen and oxygen atoms in total. The summed E-state index contributed by atoms with van der Waals surface area (Å²) < 4.78 is 37.4. The summed E-state index contributed by atoms with van der Waals surface area (Å²) >= 11 is 2.45. The van der Waals surface area contributed by atoms with Crippen molar-refractivity contribution in [2.45, 2.75) is 17.7 Å². The van der Waals surface area contributed by atoms with E-state index < -0.39 is 11.9 Å². The Bertz CT molecular complexity index is 456. The minimum atomic E-state index is -2.27. The fraction of sp³-hybridized carbons (Fsp3) is 0.400. The lowest BCUT2D eigenvalue weighted by atomic mass is 10.4. The van der Waals surface area contributed by atoms with Gasteiger partial charge in [0.25, 0.3) is 0 Å². The Labute approximate surface area is 111 Å². The number of halogens is 3. The van der Waals surface area contributed by atoms with Crippen LogP contribution in [0.1, 0.15) is 18.2 Å². The fourth-order valence-electron chi connectivity index (χ4n) is 0.952. The van der Waals surface area contributed by atoms with Gasteiger partial charge in [-0.15, -0.1) is 11.3 Å². The second kappa shape index (κ2) is 7.42. The van der Waals surface area contributed by atoms with Gasteiger partial charge in [-0.25, -0.2) is 14.1 Å². The van der Waals surface area contributed by atoms with Gasteiger partial charge in [0, 0.05) is 12.2 Å². The third-order valence-electron chi connectivity index (χ3n) is 1.84. The van der Waals surface area contributed by atoms with Gasteiger partial charge < -0.3 is 5.21 Å². The van der Waals surface area contributed by atoms with Crippen LogP contribution in [0.15, 0.2) is 22.4 Å². The Hall–Kier alpha value is -1.02. The molecule has 0 amide bonds. The molecule has 0 aliphatic rings. The minimum Gasteiger partial charge on any atom is -0.624 e. The average Bonchev–Trinajstić information content (AvgIpc) is 2.76. The first kappa shape index (κ1) is 15.0. The molecule has 0 saturated heterocycles. The van der Waals surface area contributed by atoms with Gasteiger partial charge in [0.15, 0.2) is 22.9 Å². The maximum atomic E-state index is 12.5. The van der Waals surface area contributed by atoms with Crippen molar-refractivity contribution in [1.82, 2.24) is 4.98 Å². The molecule has 0 aliphatic carbocycles. The molecule has 100 valence electrons. The van der Waals surface area contributed by atoms with Crippen molar-refractivity contribution in [1.29, 1.82) is 0 Å². The van der Waals surface area contributed by atoms with E-state index in [4.69, 9.17) is 0 Å². The molecule has 8 heteroatoms. The monoisotopic (exact) mass is 296 g/mol. The molecule has 1 rings (SSSR count). The van der Waals surface area contributed by atoms with Crippen LogP contribution in [-0.4, -0.2) is 28.2 Å². The number of rotatable bonds is 6. The standard InChI is InChI=1S/C10H11F3N2OS2/c1-2-15(16)6-7-5-14-10(18-7)17-4-3-8(11)9(12)13/h5-6H,2-4H2,1H3/b15-6-. The van der Waals surface area contributed by atoms with E-state index in [1.54, 1.807) is 6.92 Å². The van der Waals surface area contributed by atoms with E-state index in [1.807, 2.05) is 0 Å². The topological polar surface area (TPSA) is 39.0 Å². The first-order valence-electron chi connectivity index (χ1n) is 5.09. The average molecular weight is 296 g/mol. The van der Waals surface area contributed by atoms with E-state index >= 15 is 0 Å². The van der Waals surface area contributed by atoms with E-state index in [2.05, 4.69) is 4.98 Å². The fourth-order valence-corrected chi connectivity index (χ4v) is 2.89. The molecule has 0 N–H and O–H groups in total. The summed E-state index contributed by atoms with van der Waals surface area (Å²) in [7, 11) is 0. The summed E-state index contributed by atoms with van der Waals surface area (Å²) in [5.41, 5.74) is 0. The van der Waals surface area contributed by atoms with Crippen LogP contribution in [0, 0.1) is 5.21 Å². The van der Waals surface area contributed by atoms with Crippen LogP contribution >= 0.6 is 23.1 Å². The number of nitrogens with zero attached hydrogens (tertiary/aromatic N) is 2. The number of hydroxylamine groups is 1. The highest BCUT2D eigenvalue weighted by atomic mass is 32.2. The number of thiazole rings is 1. The lowest BCUT2D eigenvalue weighted by Crippen LogP contribution is -2.02. The predicted molar refractivity (Wildman–Crippen MR) is 67.1 cm³/mol. The van der Waals surface area contributed by atoms with Crippen LogP contribution < -0.4 is 0 Å². The van der Waals surface area contributed by atoms with Crippen LogP contribution in [0.4, 0.5) is 13.2 Å². The summed E-state index contributed by atoms with van der Waals surface area (Å²) in [6.45, 7) is 2.06. The highest BCUT2D eigenvalue weighted by molar-refractivity contribution is 8.01. The van der Waals surface area contributed by atoms with Gasteiger partial charge in [-0.2, -0.15) is 8.78 Å². The van der Waals surface area contributed by atoms with Crippen molar-refractivity contribution in [3.05, 3.63) is 28.2 Å². The van der Waals surface area contributed by atoms with E-state index in [0.29, 0.717) is 15.8 Å². The Kier molecular flexibility index (Phi) is 6.20. The van der Waals surface area contributed by atoms with Crippen molar-refractivity contribution in [2.75, 3.05) is 12.3 Å². The van der Waals surface area contributed by atoms with E-state index in [-0.39, 0.29) is 12.2 Å².